The normalized spacial score (nSPS) is 18.9. The molecule has 0 aromatic heterocycles. The number of carbonyl (C=O) groups excluding carboxylic acids is 1. The van der Waals surface area contributed by atoms with E-state index in [0.717, 1.165) is 0 Å². The number of nitro benzene ring substituents is 1. The number of nitrogens with one attached hydrogen (secondary N) is 3. The zero-order valence-corrected chi connectivity index (χ0v) is 12.1. The van der Waals surface area contributed by atoms with E-state index in [9.17, 15) is 14.9 Å². The number of hydrogen-bond donors (Lipinski definition) is 3. The summed E-state index contributed by atoms with van der Waals surface area (Å²) >= 11 is -0.262. The molecule has 0 saturated carbocycles. The number of non-ortho nitro benzene ring substituents is 1. The molecule has 1 heterocycles. The molecule has 0 bridgehead atoms. The Bertz CT molecular complexity index is 599. The summed E-state index contributed by atoms with van der Waals surface area (Å²) < 4.78 is 0.248. The van der Waals surface area contributed by atoms with Gasteiger partial charge in [0.1, 0.15) is 0 Å². The molecule has 0 aliphatic carbocycles. The molecule has 3 N–H and O–H groups in total. The van der Waals surface area contributed by atoms with Crippen LogP contribution in [0.5, 0.6) is 0 Å². The number of carbonyl (C=O) groups is 1. The van der Waals surface area contributed by atoms with Crippen LogP contribution in [0.1, 0.15) is 6.92 Å². The van der Waals surface area contributed by atoms with Crippen LogP contribution >= 0.6 is 0 Å². The molecule has 1 fully saturated rings. The molecule has 0 spiro atoms. The standard InChI is InChI=1S/C11H11N5O3Se/c1-6(9-10(17)13-11(12)20-9)14-15-7-2-4-8(5-3-7)16(18)19/h2-5,9,15H,1H3,(H2,12,13,17)/b14-6+. The number of amidine groups is 1. The van der Waals surface area contributed by atoms with Crippen LogP contribution in [0, 0.1) is 15.5 Å². The summed E-state index contributed by atoms with van der Waals surface area (Å²) in [6.45, 7) is 1.71. The molecule has 1 unspecified atom stereocenters. The average Bonchev–Trinajstić information content (AvgIpc) is 2.75. The van der Waals surface area contributed by atoms with Gasteiger partial charge in [0.15, 0.2) is 0 Å². The van der Waals surface area contributed by atoms with Crippen molar-refractivity contribution in [3.8, 4) is 0 Å². The first kappa shape index (κ1) is 14.2. The van der Waals surface area contributed by atoms with E-state index in [1.807, 2.05) is 0 Å². The van der Waals surface area contributed by atoms with E-state index >= 15 is 0 Å². The molecule has 8 nitrogen and oxygen atoms in total. The molecule has 1 aromatic rings. The van der Waals surface area contributed by atoms with Gasteiger partial charge < -0.3 is 0 Å². The summed E-state index contributed by atoms with van der Waals surface area (Å²) in [7, 11) is 0. The number of nitro groups is 1. The topological polar surface area (TPSA) is 120 Å². The maximum absolute atomic E-state index is 11.5. The third-order valence-electron chi connectivity index (χ3n) is 2.53. The summed E-state index contributed by atoms with van der Waals surface area (Å²) in [6.07, 6.45) is 0. The average molecular weight is 340 g/mol. The molecule has 1 aromatic carbocycles. The van der Waals surface area contributed by atoms with Crippen molar-refractivity contribution in [2.75, 3.05) is 5.43 Å². The first-order chi connectivity index (χ1) is 9.47. The van der Waals surface area contributed by atoms with E-state index in [-0.39, 0.29) is 36.1 Å². The van der Waals surface area contributed by atoms with Crippen molar-refractivity contribution < 1.29 is 9.72 Å². The van der Waals surface area contributed by atoms with Crippen molar-refractivity contribution >= 4 is 42.7 Å². The molecule has 104 valence electrons. The number of benzene rings is 1. The fraction of sp³-hybridized carbons (Fsp3) is 0.182. The van der Waals surface area contributed by atoms with E-state index in [1.165, 1.54) is 24.3 Å². The van der Waals surface area contributed by atoms with Gasteiger partial charge in [-0.3, -0.25) is 0 Å². The number of amides is 1. The van der Waals surface area contributed by atoms with E-state index in [1.54, 1.807) is 6.92 Å². The fourth-order valence-corrected chi connectivity index (χ4v) is 3.17. The van der Waals surface area contributed by atoms with E-state index in [2.05, 4.69) is 15.8 Å². The third-order valence-corrected chi connectivity index (χ3v) is 4.90. The number of rotatable bonds is 4. The van der Waals surface area contributed by atoms with Gasteiger partial charge in [0.25, 0.3) is 0 Å². The van der Waals surface area contributed by atoms with Crippen molar-refractivity contribution in [1.82, 2.24) is 5.32 Å². The van der Waals surface area contributed by atoms with Crippen LogP contribution in [0.3, 0.4) is 0 Å². The van der Waals surface area contributed by atoms with Crippen LogP contribution in [0.25, 0.3) is 0 Å². The molecular formula is C11H11N5O3Se. The molecule has 1 aliphatic rings. The first-order valence-corrected chi connectivity index (χ1v) is 7.42. The monoisotopic (exact) mass is 341 g/mol. The van der Waals surface area contributed by atoms with Gasteiger partial charge in [-0.25, -0.2) is 0 Å². The zero-order valence-electron chi connectivity index (χ0n) is 10.4. The molecule has 1 saturated heterocycles. The SMILES string of the molecule is C/C(=N\Nc1ccc([N+](=O)[O-])cc1)C1[Se]C(=N)NC1=O. The number of anilines is 1. The molecule has 1 atom stereocenters. The Morgan fingerprint density at radius 3 is 2.65 bits per heavy atom. The van der Waals surface area contributed by atoms with Crippen LogP contribution in [0.2, 0.25) is 4.82 Å². The van der Waals surface area contributed by atoms with E-state index in [4.69, 9.17) is 5.41 Å². The summed E-state index contributed by atoms with van der Waals surface area (Å²) in [4.78, 5) is 21.2. The summed E-state index contributed by atoms with van der Waals surface area (Å²) in [5, 5.41) is 24.5. The van der Waals surface area contributed by atoms with Crippen LogP contribution in [0.4, 0.5) is 11.4 Å². The molecule has 2 rings (SSSR count). The van der Waals surface area contributed by atoms with Gasteiger partial charge in [0.05, 0.1) is 0 Å². The first-order valence-electron chi connectivity index (χ1n) is 5.58. The van der Waals surface area contributed by atoms with Gasteiger partial charge in [0, 0.05) is 0 Å². The van der Waals surface area contributed by atoms with Crippen molar-refractivity contribution in [2.24, 2.45) is 5.10 Å². The Balaban J connectivity index is 2.03. The van der Waals surface area contributed by atoms with Crippen LogP contribution in [-0.2, 0) is 4.79 Å². The van der Waals surface area contributed by atoms with E-state index in [0.29, 0.717) is 11.4 Å². The molecule has 9 heteroatoms. The Morgan fingerprint density at radius 2 is 2.15 bits per heavy atom. The molecule has 0 radical (unpaired) electrons. The van der Waals surface area contributed by atoms with Gasteiger partial charge in [0.2, 0.25) is 0 Å². The maximum atomic E-state index is 11.5. The Labute approximate surface area is 120 Å². The molecule has 1 aliphatic heterocycles. The Kier molecular flexibility index (Phi) is 4.11. The van der Waals surface area contributed by atoms with Crippen molar-refractivity contribution in [3.05, 3.63) is 34.4 Å². The summed E-state index contributed by atoms with van der Waals surface area (Å²) in [5.74, 6) is -0.207. The van der Waals surface area contributed by atoms with Gasteiger partial charge >= 0.3 is 120 Å². The van der Waals surface area contributed by atoms with Gasteiger partial charge in [-0.1, -0.05) is 0 Å². The molecular weight excluding hydrogens is 329 g/mol. The van der Waals surface area contributed by atoms with Crippen molar-refractivity contribution in [1.29, 1.82) is 5.41 Å². The van der Waals surface area contributed by atoms with Crippen LogP contribution in [-0.4, -0.2) is 36.2 Å². The number of hydrazone groups is 1. The third kappa shape index (κ3) is 3.19. The van der Waals surface area contributed by atoms with Crippen molar-refractivity contribution in [3.63, 3.8) is 0 Å². The van der Waals surface area contributed by atoms with Gasteiger partial charge in [-0.2, -0.15) is 0 Å². The summed E-state index contributed by atoms with van der Waals surface area (Å²) in [5.41, 5.74) is 3.93. The molecule has 20 heavy (non-hydrogen) atoms. The fourth-order valence-electron chi connectivity index (χ4n) is 1.52. The summed E-state index contributed by atoms with van der Waals surface area (Å²) in [6, 6.07) is 5.82. The molecule has 1 amide bonds. The van der Waals surface area contributed by atoms with Crippen LogP contribution < -0.4 is 10.7 Å². The van der Waals surface area contributed by atoms with Gasteiger partial charge in [-0.05, 0) is 0 Å². The van der Waals surface area contributed by atoms with E-state index < -0.39 is 4.92 Å². The number of hydrogen-bond acceptors (Lipinski definition) is 6. The quantitative estimate of drug-likeness (QED) is 0.327. The minimum atomic E-state index is -0.477. The second-order valence-corrected chi connectivity index (χ2v) is 6.33. The number of nitrogens with zero attached hydrogens (tertiary/aromatic N) is 2. The van der Waals surface area contributed by atoms with Crippen molar-refractivity contribution in [2.45, 2.75) is 11.7 Å². The Hall–Kier alpha value is -2.25. The minimum absolute atomic E-state index is 0.00297. The van der Waals surface area contributed by atoms with Crippen LogP contribution in [0.15, 0.2) is 29.4 Å². The predicted molar refractivity (Wildman–Crippen MR) is 75.2 cm³/mol. The second kappa shape index (κ2) is 5.81. The second-order valence-electron chi connectivity index (χ2n) is 3.99. The Morgan fingerprint density at radius 1 is 1.50 bits per heavy atom. The zero-order chi connectivity index (χ0) is 14.7. The van der Waals surface area contributed by atoms with Gasteiger partial charge in [-0.15, -0.1) is 0 Å². The predicted octanol–water partition coefficient (Wildman–Crippen LogP) is 0.940.